The summed E-state index contributed by atoms with van der Waals surface area (Å²) < 4.78 is 0. The van der Waals surface area contributed by atoms with Crippen LogP contribution in [-0.4, -0.2) is 46.1 Å². The first-order chi connectivity index (χ1) is 6.58. The number of carboxylic acids is 1. The molecule has 0 bridgehead atoms. The summed E-state index contributed by atoms with van der Waals surface area (Å²) in [5.41, 5.74) is 0. The maximum atomic E-state index is 10.3. The summed E-state index contributed by atoms with van der Waals surface area (Å²) in [6, 6.07) is 0. The highest BCUT2D eigenvalue weighted by atomic mass is 32.2. The van der Waals surface area contributed by atoms with E-state index < -0.39 is 5.97 Å². The quantitative estimate of drug-likeness (QED) is 0.778. The van der Waals surface area contributed by atoms with E-state index in [0.717, 1.165) is 26.1 Å². The summed E-state index contributed by atoms with van der Waals surface area (Å²) in [6.45, 7) is 7.62. The first-order valence-electron chi connectivity index (χ1n) is 5.17. The molecule has 2 unspecified atom stereocenters. The molecule has 3 nitrogen and oxygen atoms in total. The lowest BCUT2D eigenvalue weighted by atomic mass is 10.2. The van der Waals surface area contributed by atoms with E-state index in [1.165, 1.54) is 0 Å². The third-order valence-corrected chi connectivity index (χ3v) is 3.59. The van der Waals surface area contributed by atoms with Gasteiger partial charge in [0, 0.05) is 30.0 Å². The monoisotopic (exact) mass is 217 g/mol. The van der Waals surface area contributed by atoms with E-state index in [1.54, 1.807) is 0 Å². The molecule has 0 aliphatic carbocycles. The van der Waals surface area contributed by atoms with Crippen molar-refractivity contribution in [1.29, 1.82) is 0 Å². The first kappa shape index (κ1) is 11.9. The van der Waals surface area contributed by atoms with Crippen molar-refractivity contribution >= 4 is 17.7 Å². The molecular weight excluding hydrogens is 198 g/mol. The Morgan fingerprint density at radius 3 is 2.50 bits per heavy atom. The molecule has 1 heterocycles. The minimum Gasteiger partial charge on any atom is -0.481 e. The van der Waals surface area contributed by atoms with Crippen molar-refractivity contribution in [2.75, 3.05) is 19.6 Å². The summed E-state index contributed by atoms with van der Waals surface area (Å²) in [4.78, 5) is 12.7. The number of thioether (sulfide) groups is 1. The van der Waals surface area contributed by atoms with Crippen molar-refractivity contribution in [2.24, 2.45) is 0 Å². The van der Waals surface area contributed by atoms with E-state index in [0.29, 0.717) is 16.9 Å². The van der Waals surface area contributed by atoms with Crippen LogP contribution in [0.3, 0.4) is 0 Å². The van der Waals surface area contributed by atoms with E-state index in [-0.39, 0.29) is 0 Å². The largest absolute Gasteiger partial charge is 0.481 e. The Kier molecular flexibility index (Phi) is 4.75. The molecule has 0 spiro atoms. The Hall–Kier alpha value is -0.220. The predicted octanol–water partition coefficient (Wildman–Crippen LogP) is 1.68. The van der Waals surface area contributed by atoms with Crippen LogP contribution in [0.15, 0.2) is 0 Å². The summed E-state index contributed by atoms with van der Waals surface area (Å²) in [6.07, 6.45) is 1.08. The van der Waals surface area contributed by atoms with Crippen LogP contribution in [0.1, 0.15) is 26.7 Å². The van der Waals surface area contributed by atoms with E-state index in [9.17, 15) is 4.79 Å². The van der Waals surface area contributed by atoms with Gasteiger partial charge in [-0.3, -0.25) is 4.79 Å². The number of carboxylic acid groups (broad SMARTS) is 1. The third kappa shape index (κ3) is 4.33. The summed E-state index contributed by atoms with van der Waals surface area (Å²) in [5.74, 6) is -0.683. The number of hydrogen-bond acceptors (Lipinski definition) is 3. The van der Waals surface area contributed by atoms with Crippen LogP contribution in [0.25, 0.3) is 0 Å². The Labute approximate surface area is 89.9 Å². The second-order valence-corrected chi connectivity index (χ2v) is 5.90. The molecule has 1 aliphatic heterocycles. The Morgan fingerprint density at radius 2 is 2.00 bits per heavy atom. The molecule has 14 heavy (non-hydrogen) atoms. The van der Waals surface area contributed by atoms with Crippen LogP contribution < -0.4 is 0 Å². The lowest BCUT2D eigenvalue weighted by Crippen LogP contribution is -2.40. The van der Waals surface area contributed by atoms with E-state index in [4.69, 9.17) is 5.11 Å². The second kappa shape index (κ2) is 5.61. The molecule has 0 aromatic rings. The van der Waals surface area contributed by atoms with Gasteiger partial charge in [-0.1, -0.05) is 13.8 Å². The highest BCUT2D eigenvalue weighted by Crippen LogP contribution is 2.24. The van der Waals surface area contributed by atoms with E-state index in [2.05, 4.69) is 18.7 Å². The highest BCUT2D eigenvalue weighted by Gasteiger charge is 2.21. The maximum Gasteiger partial charge on any atom is 0.303 e. The molecule has 0 aromatic heterocycles. The number of hydrogen-bond donors (Lipinski definition) is 1. The molecule has 1 N–H and O–H groups in total. The predicted molar refractivity (Wildman–Crippen MR) is 59.8 cm³/mol. The summed E-state index contributed by atoms with van der Waals surface area (Å²) in [5, 5.41) is 9.89. The highest BCUT2D eigenvalue weighted by molar-refractivity contribution is 8.00. The molecule has 0 amide bonds. The van der Waals surface area contributed by atoms with Crippen molar-refractivity contribution in [3.05, 3.63) is 0 Å². The molecule has 1 fully saturated rings. The molecule has 0 aromatic carbocycles. The van der Waals surface area contributed by atoms with Gasteiger partial charge >= 0.3 is 5.97 Å². The molecule has 1 saturated heterocycles. The van der Waals surface area contributed by atoms with Gasteiger partial charge < -0.3 is 10.0 Å². The zero-order valence-electron chi connectivity index (χ0n) is 8.90. The van der Waals surface area contributed by atoms with Crippen LogP contribution in [0.4, 0.5) is 0 Å². The van der Waals surface area contributed by atoms with Gasteiger partial charge in [-0.15, -0.1) is 0 Å². The number of nitrogens with zero attached hydrogens (tertiary/aromatic N) is 1. The maximum absolute atomic E-state index is 10.3. The normalized spacial score (nSPS) is 29.0. The van der Waals surface area contributed by atoms with Gasteiger partial charge in [-0.2, -0.15) is 11.8 Å². The van der Waals surface area contributed by atoms with Crippen LogP contribution in [0, 0.1) is 0 Å². The fourth-order valence-electron chi connectivity index (χ4n) is 1.92. The molecule has 1 rings (SSSR count). The number of rotatable bonds is 4. The zero-order chi connectivity index (χ0) is 10.6. The lowest BCUT2D eigenvalue weighted by molar-refractivity contribution is -0.137. The number of carbonyl (C=O) groups is 1. The Balaban J connectivity index is 2.20. The second-order valence-electron chi connectivity index (χ2n) is 4.01. The van der Waals surface area contributed by atoms with Crippen molar-refractivity contribution in [2.45, 2.75) is 37.2 Å². The fourth-order valence-corrected chi connectivity index (χ4v) is 3.31. The molecule has 0 radical (unpaired) electrons. The van der Waals surface area contributed by atoms with Gasteiger partial charge in [0.15, 0.2) is 0 Å². The van der Waals surface area contributed by atoms with E-state index in [1.807, 2.05) is 11.8 Å². The van der Waals surface area contributed by atoms with Crippen molar-refractivity contribution < 1.29 is 9.90 Å². The van der Waals surface area contributed by atoms with Gasteiger partial charge in [0.25, 0.3) is 0 Å². The van der Waals surface area contributed by atoms with Gasteiger partial charge in [-0.25, -0.2) is 0 Å². The number of aliphatic carboxylic acids is 1. The minimum atomic E-state index is -0.683. The average Bonchev–Trinajstić information content (AvgIpc) is 2.01. The van der Waals surface area contributed by atoms with Crippen molar-refractivity contribution in [3.8, 4) is 0 Å². The smallest absolute Gasteiger partial charge is 0.303 e. The van der Waals surface area contributed by atoms with Gasteiger partial charge in [-0.05, 0) is 13.0 Å². The van der Waals surface area contributed by atoms with Crippen LogP contribution in [0.5, 0.6) is 0 Å². The average molecular weight is 217 g/mol. The standard InChI is InChI=1S/C10H19NO2S/c1-8-6-11(7-9(2)14-8)5-3-4-10(12)13/h8-9H,3-7H2,1-2H3,(H,12,13). The summed E-state index contributed by atoms with van der Waals surface area (Å²) >= 11 is 2.03. The van der Waals surface area contributed by atoms with Crippen LogP contribution in [0.2, 0.25) is 0 Å². The van der Waals surface area contributed by atoms with Crippen LogP contribution >= 0.6 is 11.8 Å². The Bertz CT molecular complexity index is 189. The molecule has 4 heteroatoms. The first-order valence-corrected chi connectivity index (χ1v) is 6.12. The van der Waals surface area contributed by atoms with Gasteiger partial charge in [0.1, 0.15) is 0 Å². The molecule has 1 aliphatic rings. The van der Waals surface area contributed by atoms with Gasteiger partial charge in [0.05, 0.1) is 0 Å². The molecule has 82 valence electrons. The van der Waals surface area contributed by atoms with Crippen LogP contribution in [-0.2, 0) is 4.79 Å². The van der Waals surface area contributed by atoms with Crippen molar-refractivity contribution in [1.82, 2.24) is 4.90 Å². The summed E-state index contributed by atoms with van der Waals surface area (Å²) in [7, 11) is 0. The zero-order valence-corrected chi connectivity index (χ0v) is 9.72. The minimum absolute atomic E-state index is 0.298. The fraction of sp³-hybridized carbons (Fsp3) is 0.900. The topological polar surface area (TPSA) is 40.5 Å². The Morgan fingerprint density at radius 1 is 1.43 bits per heavy atom. The molecule has 0 saturated carbocycles. The molecule has 2 atom stereocenters. The van der Waals surface area contributed by atoms with E-state index >= 15 is 0 Å². The molecular formula is C10H19NO2S. The third-order valence-electron chi connectivity index (χ3n) is 2.36. The SMILES string of the molecule is CC1CN(CCCC(=O)O)CC(C)S1. The van der Waals surface area contributed by atoms with Gasteiger partial charge in [0.2, 0.25) is 0 Å². The van der Waals surface area contributed by atoms with Crippen molar-refractivity contribution in [3.63, 3.8) is 0 Å². The lowest BCUT2D eigenvalue weighted by Gasteiger charge is -2.34.